The smallest absolute Gasteiger partial charge is 0.240 e. The summed E-state index contributed by atoms with van der Waals surface area (Å²) < 4.78 is 5.62. The highest BCUT2D eigenvalue weighted by molar-refractivity contribution is 5.94. The Bertz CT molecular complexity index is 814. The number of nitrogens with zero attached hydrogens (tertiary/aromatic N) is 1. The molecule has 0 aliphatic heterocycles. The molecule has 2 aromatic rings. The van der Waals surface area contributed by atoms with Gasteiger partial charge in [0.25, 0.3) is 0 Å². The number of nitrogens with one attached hydrogen (secondary N) is 2. The molecule has 0 fully saturated rings. The summed E-state index contributed by atoms with van der Waals surface area (Å²) in [5, 5.41) is 6.73. The van der Waals surface area contributed by atoms with Gasteiger partial charge in [0, 0.05) is 18.5 Å². The Morgan fingerprint density at radius 2 is 1.71 bits per heavy atom. The summed E-state index contributed by atoms with van der Waals surface area (Å²) >= 11 is 0. The Kier molecular flexibility index (Phi) is 8.21. The second-order valence-electron chi connectivity index (χ2n) is 6.93. The molecular weight excluding hydrogens is 354 g/mol. The van der Waals surface area contributed by atoms with Gasteiger partial charge in [-0.1, -0.05) is 32.0 Å². The molecule has 0 spiro atoms. The molecule has 0 aromatic heterocycles. The molecule has 0 bridgehead atoms. The zero-order valence-corrected chi connectivity index (χ0v) is 16.6. The van der Waals surface area contributed by atoms with Crippen LogP contribution in [0.25, 0.3) is 0 Å². The van der Waals surface area contributed by atoms with Crippen LogP contribution in [-0.2, 0) is 9.59 Å². The highest BCUT2D eigenvalue weighted by Crippen LogP contribution is 2.14. The summed E-state index contributed by atoms with van der Waals surface area (Å²) in [6.45, 7) is 6.77. The minimum absolute atomic E-state index is 0.0665. The molecule has 2 aromatic carbocycles. The van der Waals surface area contributed by atoms with Crippen LogP contribution in [0, 0.1) is 12.8 Å². The van der Waals surface area contributed by atoms with Crippen LogP contribution >= 0.6 is 0 Å². The molecule has 6 heteroatoms. The highest BCUT2D eigenvalue weighted by atomic mass is 16.5. The van der Waals surface area contributed by atoms with E-state index in [9.17, 15) is 9.59 Å². The first-order valence-corrected chi connectivity index (χ1v) is 9.34. The van der Waals surface area contributed by atoms with E-state index in [2.05, 4.69) is 29.7 Å². The van der Waals surface area contributed by atoms with E-state index in [1.165, 1.54) is 0 Å². The van der Waals surface area contributed by atoms with E-state index < -0.39 is 0 Å². The molecule has 0 aliphatic rings. The third-order valence-electron chi connectivity index (χ3n) is 3.86. The molecular formula is C22H27N3O3. The van der Waals surface area contributed by atoms with Crippen molar-refractivity contribution in [3.05, 3.63) is 59.7 Å². The molecule has 0 atom stereocenters. The van der Waals surface area contributed by atoms with Crippen LogP contribution in [0.4, 0.5) is 5.69 Å². The Hall–Kier alpha value is -3.15. The Morgan fingerprint density at radius 1 is 1.04 bits per heavy atom. The minimum Gasteiger partial charge on any atom is -0.493 e. The van der Waals surface area contributed by atoms with Crippen LogP contribution in [0.2, 0.25) is 0 Å². The van der Waals surface area contributed by atoms with Crippen LogP contribution in [0.15, 0.2) is 53.6 Å². The number of carbonyl (C=O) groups is 2. The van der Waals surface area contributed by atoms with Gasteiger partial charge in [-0.25, -0.2) is 5.43 Å². The molecule has 2 N–H and O–H groups in total. The fourth-order valence-corrected chi connectivity index (χ4v) is 2.30. The third kappa shape index (κ3) is 7.61. The predicted molar refractivity (Wildman–Crippen MR) is 112 cm³/mol. The maximum atomic E-state index is 12.0. The Labute approximate surface area is 166 Å². The van der Waals surface area contributed by atoms with Crippen molar-refractivity contribution < 1.29 is 14.3 Å². The largest absolute Gasteiger partial charge is 0.493 e. The Balaban J connectivity index is 1.71. The Morgan fingerprint density at radius 3 is 2.39 bits per heavy atom. The maximum absolute atomic E-state index is 12.0. The average Bonchev–Trinajstić information content (AvgIpc) is 2.67. The zero-order valence-electron chi connectivity index (χ0n) is 16.6. The van der Waals surface area contributed by atoms with Crippen molar-refractivity contribution in [2.75, 3.05) is 11.9 Å². The second-order valence-corrected chi connectivity index (χ2v) is 6.93. The van der Waals surface area contributed by atoms with Crippen LogP contribution in [0.5, 0.6) is 5.75 Å². The second kappa shape index (κ2) is 10.9. The summed E-state index contributed by atoms with van der Waals surface area (Å²) in [6, 6.07) is 15.0. The first kappa shape index (κ1) is 21.2. The summed E-state index contributed by atoms with van der Waals surface area (Å²) in [5.41, 5.74) is 5.01. The monoisotopic (exact) mass is 381 g/mol. The van der Waals surface area contributed by atoms with E-state index in [0.717, 1.165) is 22.6 Å². The molecule has 0 radical (unpaired) electrons. The third-order valence-corrected chi connectivity index (χ3v) is 3.86. The van der Waals surface area contributed by atoms with E-state index in [-0.39, 0.29) is 24.7 Å². The van der Waals surface area contributed by atoms with Gasteiger partial charge >= 0.3 is 0 Å². The lowest BCUT2D eigenvalue weighted by molar-refractivity contribution is -0.124. The van der Waals surface area contributed by atoms with Gasteiger partial charge in [-0.15, -0.1) is 0 Å². The fraction of sp³-hybridized carbons (Fsp3) is 0.318. The summed E-state index contributed by atoms with van der Waals surface area (Å²) in [4.78, 5) is 23.8. The van der Waals surface area contributed by atoms with Crippen molar-refractivity contribution in [2.45, 2.75) is 33.6 Å². The van der Waals surface area contributed by atoms with Crippen molar-refractivity contribution in [1.82, 2.24) is 5.43 Å². The van der Waals surface area contributed by atoms with Crippen LogP contribution in [0.1, 0.15) is 37.8 Å². The molecule has 148 valence electrons. The van der Waals surface area contributed by atoms with Gasteiger partial charge in [0.1, 0.15) is 5.75 Å². The van der Waals surface area contributed by atoms with Crippen molar-refractivity contribution >= 4 is 23.7 Å². The number of aryl methyl sites for hydroxylation is 1. The van der Waals surface area contributed by atoms with Crippen molar-refractivity contribution in [1.29, 1.82) is 0 Å². The van der Waals surface area contributed by atoms with Gasteiger partial charge in [0.15, 0.2) is 0 Å². The van der Waals surface area contributed by atoms with E-state index in [1.54, 1.807) is 6.21 Å². The molecule has 6 nitrogen and oxygen atoms in total. The number of carbonyl (C=O) groups excluding carboxylic acids is 2. The average molecular weight is 381 g/mol. The number of benzene rings is 2. The van der Waals surface area contributed by atoms with Gasteiger partial charge in [-0.05, 0) is 54.3 Å². The van der Waals surface area contributed by atoms with Crippen LogP contribution in [-0.4, -0.2) is 24.6 Å². The van der Waals surface area contributed by atoms with Crippen molar-refractivity contribution in [3.8, 4) is 5.75 Å². The van der Waals surface area contributed by atoms with E-state index in [4.69, 9.17) is 4.74 Å². The molecule has 0 saturated heterocycles. The highest BCUT2D eigenvalue weighted by Gasteiger charge is 2.07. The van der Waals surface area contributed by atoms with Crippen LogP contribution < -0.4 is 15.5 Å². The summed E-state index contributed by atoms with van der Waals surface area (Å²) in [6.07, 6.45) is 1.71. The number of hydrazone groups is 1. The normalized spacial score (nSPS) is 10.9. The van der Waals surface area contributed by atoms with Crippen molar-refractivity contribution in [2.24, 2.45) is 11.0 Å². The van der Waals surface area contributed by atoms with Gasteiger partial charge < -0.3 is 10.1 Å². The van der Waals surface area contributed by atoms with Gasteiger partial charge in [0.05, 0.1) is 12.8 Å². The number of rotatable bonds is 9. The van der Waals surface area contributed by atoms with E-state index >= 15 is 0 Å². The molecule has 2 rings (SSSR count). The number of para-hydroxylation sites is 1. The summed E-state index contributed by atoms with van der Waals surface area (Å²) in [5.74, 6) is 0.753. The maximum Gasteiger partial charge on any atom is 0.240 e. The standard InChI is InChI=1S/C22H27N3O3/c1-16(2)15-28-19-10-8-18(9-11-19)14-23-25-22(27)13-12-21(26)24-20-7-5-4-6-17(20)3/h4-11,14,16H,12-13,15H2,1-3H3,(H,24,26)(H,25,27). The fourth-order valence-electron chi connectivity index (χ4n) is 2.30. The number of anilines is 1. The topological polar surface area (TPSA) is 79.8 Å². The SMILES string of the molecule is Cc1ccccc1NC(=O)CCC(=O)NN=Cc1ccc(OCC(C)C)cc1. The van der Waals surface area contributed by atoms with E-state index in [0.29, 0.717) is 12.5 Å². The predicted octanol–water partition coefficient (Wildman–Crippen LogP) is 3.90. The van der Waals surface area contributed by atoms with Gasteiger partial charge in [-0.2, -0.15) is 5.10 Å². The molecule has 2 amide bonds. The lowest BCUT2D eigenvalue weighted by atomic mass is 10.2. The minimum atomic E-state index is -0.312. The molecule has 0 aliphatic carbocycles. The molecule has 0 unspecified atom stereocenters. The number of hydrogen-bond acceptors (Lipinski definition) is 4. The van der Waals surface area contributed by atoms with Crippen molar-refractivity contribution in [3.63, 3.8) is 0 Å². The first-order chi connectivity index (χ1) is 13.4. The molecule has 0 heterocycles. The van der Waals surface area contributed by atoms with Crippen LogP contribution in [0.3, 0.4) is 0 Å². The number of amides is 2. The first-order valence-electron chi connectivity index (χ1n) is 9.34. The van der Waals surface area contributed by atoms with Gasteiger partial charge in [-0.3, -0.25) is 9.59 Å². The zero-order chi connectivity index (χ0) is 20.4. The van der Waals surface area contributed by atoms with E-state index in [1.807, 2.05) is 55.5 Å². The molecule has 0 saturated carbocycles. The number of ether oxygens (including phenoxy) is 1. The lowest BCUT2D eigenvalue weighted by Crippen LogP contribution is -2.20. The quantitative estimate of drug-likeness (QED) is 0.511. The number of hydrogen-bond donors (Lipinski definition) is 2. The molecule has 28 heavy (non-hydrogen) atoms. The lowest BCUT2D eigenvalue weighted by Gasteiger charge is -2.08. The summed E-state index contributed by atoms with van der Waals surface area (Å²) in [7, 11) is 0. The van der Waals surface area contributed by atoms with Gasteiger partial charge in [0.2, 0.25) is 11.8 Å².